The second kappa shape index (κ2) is 6.43. The number of hydrogen-bond donors (Lipinski definition) is 2. The summed E-state index contributed by atoms with van der Waals surface area (Å²) >= 11 is 0. The molecule has 1 aliphatic heterocycles. The molecule has 1 aliphatic rings. The molecular formula is C14H20N2O3. The number of hydrogen-bond acceptors (Lipinski definition) is 4. The molecule has 0 aromatic heterocycles. The molecule has 1 aromatic rings. The van der Waals surface area contributed by atoms with E-state index in [-0.39, 0.29) is 12.0 Å². The Morgan fingerprint density at radius 1 is 1.63 bits per heavy atom. The zero-order chi connectivity index (χ0) is 13.7. The molecule has 2 rings (SSSR count). The van der Waals surface area contributed by atoms with Crippen molar-refractivity contribution in [2.24, 2.45) is 0 Å². The topological polar surface area (TPSA) is 73.6 Å². The van der Waals surface area contributed by atoms with Crippen LogP contribution in [0.3, 0.4) is 0 Å². The molecule has 5 nitrogen and oxygen atoms in total. The van der Waals surface area contributed by atoms with E-state index in [0.717, 1.165) is 19.4 Å². The number of carbonyl (C=O) groups excluding carboxylic acids is 1. The molecule has 0 unspecified atom stereocenters. The van der Waals surface area contributed by atoms with Crippen LogP contribution in [-0.4, -0.2) is 31.3 Å². The molecular weight excluding hydrogens is 244 g/mol. The summed E-state index contributed by atoms with van der Waals surface area (Å²) < 4.78 is 11.0. The lowest BCUT2D eigenvalue weighted by Gasteiger charge is -2.16. The van der Waals surface area contributed by atoms with Gasteiger partial charge in [0.1, 0.15) is 5.75 Å². The number of nitrogen functional groups attached to an aromatic ring is 1. The first kappa shape index (κ1) is 13.7. The summed E-state index contributed by atoms with van der Waals surface area (Å²) in [4.78, 5) is 11.9. The summed E-state index contributed by atoms with van der Waals surface area (Å²) in [7, 11) is 0. The number of anilines is 1. The summed E-state index contributed by atoms with van der Waals surface area (Å²) in [5.74, 6) is 0.456. The maximum absolute atomic E-state index is 11.9. The normalized spacial score (nSPS) is 19.9. The minimum Gasteiger partial charge on any atom is -0.481 e. The van der Waals surface area contributed by atoms with E-state index in [9.17, 15) is 4.79 Å². The fraction of sp³-hybridized carbons (Fsp3) is 0.500. The van der Waals surface area contributed by atoms with E-state index in [2.05, 4.69) is 5.32 Å². The minimum atomic E-state index is -0.553. The molecule has 0 radical (unpaired) electrons. The zero-order valence-electron chi connectivity index (χ0n) is 11.1. The van der Waals surface area contributed by atoms with E-state index in [0.29, 0.717) is 18.0 Å². The van der Waals surface area contributed by atoms with Crippen LogP contribution in [0, 0.1) is 0 Å². The molecule has 104 valence electrons. The maximum atomic E-state index is 11.9. The van der Waals surface area contributed by atoms with Gasteiger partial charge in [0.15, 0.2) is 6.10 Å². The molecule has 3 N–H and O–H groups in total. The summed E-state index contributed by atoms with van der Waals surface area (Å²) in [6.07, 6.45) is 1.66. The van der Waals surface area contributed by atoms with Crippen LogP contribution >= 0.6 is 0 Å². The Bertz CT molecular complexity index is 430. The quantitative estimate of drug-likeness (QED) is 0.787. The van der Waals surface area contributed by atoms with Gasteiger partial charge in [-0.2, -0.15) is 0 Å². The van der Waals surface area contributed by atoms with Crippen LogP contribution in [0.15, 0.2) is 24.3 Å². The molecule has 1 saturated heterocycles. The van der Waals surface area contributed by atoms with Crippen LogP contribution in [0.2, 0.25) is 0 Å². The Kier molecular flexibility index (Phi) is 4.63. The van der Waals surface area contributed by atoms with E-state index in [4.69, 9.17) is 15.2 Å². The highest BCUT2D eigenvalue weighted by Gasteiger charge is 2.19. The summed E-state index contributed by atoms with van der Waals surface area (Å²) in [5.41, 5.74) is 6.27. The van der Waals surface area contributed by atoms with Crippen LogP contribution in [0.25, 0.3) is 0 Å². The molecule has 0 bridgehead atoms. The Morgan fingerprint density at radius 3 is 3.16 bits per heavy atom. The second-order valence-corrected chi connectivity index (χ2v) is 4.71. The second-order valence-electron chi connectivity index (χ2n) is 4.71. The highest BCUT2D eigenvalue weighted by Crippen LogP contribution is 2.16. The summed E-state index contributed by atoms with van der Waals surface area (Å²) in [6, 6.07) is 7.04. The monoisotopic (exact) mass is 264 g/mol. The molecule has 19 heavy (non-hydrogen) atoms. The number of ether oxygens (including phenoxy) is 2. The van der Waals surface area contributed by atoms with Gasteiger partial charge in [-0.15, -0.1) is 0 Å². The fourth-order valence-corrected chi connectivity index (χ4v) is 2.01. The smallest absolute Gasteiger partial charge is 0.260 e. The highest BCUT2D eigenvalue weighted by atomic mass is 16.5. The van der Waals surface area contributed by atoms with Crippen molar-refractivity contribution in [1.82, 2.24) is 5.32 Å². The minimum absolute atomic E-state index is 0.141. The van der Waals surface area contributed by atoms with Crippen molar-refractivity contribution in [3.8, 4) is 5.75 Å². The first-order valence-electron chi connectivity index (χ1n) is 6.56. The first-order chi connectivity index (χ1) is 9.15. The molecule has 5 heteroatoms. The lowest BCUT2D eigenvalue weighted by Crippen LogP contribution is -2.40. The zero-order valence-corrected chi connectivity index (χ0v) is 11.1. The number of nitrogens with two attached hydrogens (primary N) is 1. The Morgan fingerprint density at radius 2 is 2.47 bits per heavy atom. The van der Waals surface area contributed by atoms with Gasteiger partial charge in [0.25, 0.3) is 5.91 Å². The Hall–Kier alpha value is -1.75. The van der Waals surface area contributed by atoms with E-state index < -0.39 is 6.10 Å². The number of carbonyl (C=O) groups is 1. The van der Waals surface area contributed by atoms with Crippen molar-refractivity contribution in [3.63, 3.8) is 0 Å². The summed E-state index contributed by atoms with van der Waals surface area (Å²) in [5, 5.41) is 2.84. The highest BCUT2D eigenvalue weighted by molar-refractivity contribution is 5.80. The molecule has 1 amide bonds. The predicted molar refractivity (Wildman–Crippen MR) is 72.9 cm³/mol. The largest absolute Gasteiger partial charge is 0.481 e. The predicted octanol–water partition coefficient (Wildman–Crippen LogP) is 1.33. The van der Waals surface area contributed by atoms with Crippen molar-refractivity contribution in [2.75, 3.05) is 18.9 Å². The third-order valence-electron chi connectivity index (χ3n) is 3.07. The number of nitrogens with one attached hydrogen (secondary N) is 1. The van der Waals surface area contributed by atoms with Gasteiger partial charge in [-0.1, -0.05) is 6.07 Å². The first-order valence-corrected chi connectivity index (χ1v) is 6.56. The summed E-state index contributed by atoms with van der Waals surface area (Å²) in [6.45, 7) is 3.05. The lowest BCUT2D eigenvalue weighted by molar-refractivity contribution is -0.127. The van der Waals surface area contributed by atoms with E-state index >= 15 is 0 Å². The van der Waals surface area contributed by atoms with Gasteiger partial charge in [0.2, 0.25) is 0 Å². The molecule has 0 saturated carbocycles. The van der Waals surface area contributed by atoms with Gasteiger partial charge in [0.05, 0.1) is 6.10 Å². The Labute approximate surface area is 113 Å². The maximum Gasteiger partial charge on any atom is 0.260 e. The van der Waals surface area contributed by atoms with Crippen molar-refractivity contribution >= 4 is 11.6 Å². The molecule has 1 heterocycles. The van der Waals surface area contributed by atoms with Crippen molar-refractivity contribution in [1.29, 1.82) is 0 Å². The molecule has 0 aliphatic carbocycles. The van der Waals surface area contributed by atoms with E-state index in [1.54, 1.807) is 31.2 Å². The lowest BCUT2D eigenvalue weighted by atomic mass is 10.2. The average Bonchev–Trinajstić information content (AvgIpc) is 2.89. The van der Waals surface area contributed by atoms with Crippen LogP contribution in [0.1, 0.15) is 19.8 Å². The number of amides is 1. The molecule has 0 spiro atoms. The third kappa shape index (κ3) is 4.13. The van der Waals surface area contributed by atoms with Gasteiger partial charge in [0, 0.05) is 24.9 Å². The molecule has 1 aromatic carbocycles. The van der Waals surface area contributed by atoms with E-state index in [1.165, 1.54) is 0 Å². The standard InChI is InChI=1S/C14H20N2O3/c1-10(19-12-5-2-4-11(15)8-12)14(17)16-9-13-6-3-7-18-13/h2,4-5,8,10,13H,3,6-7,9,15H2,1H3,(H,16,17)/t10-,13+/m1/s1. The molecule has 2 atom stereocenters. The Balaban J connectivity index is 1.78. The average molecular weight is 264 g/mol. The fourth-order valence-electron chi connectivity index (χ4n) is 2.01. The van der Waals surface area contributed by atoms with Crippen LogP contribution in [0.4, 0.5) is 5.69 Å². The van der Waals surface area contributed by atoms with Gasteiger partial charge in [-0.25, -0.2) is 0 Å². The van der Waals surface area contributed by atoms with Crippen molar-refractivity contribution < 1.29 is 14.3 Å². The molecule has 1 fully saturated rings. The van der Waals surface area contributed by atoms with Crippen LogP contribution < -0.4 is 15.8 Å². The van der Waals surface area contributed by atoms with Gasteiger partial charge in [-0.3, -0.25) is 4.79 Å². The number of benzene rings is 1. The number of rotatable bonds is 5. The van der Waals surface area contributed by atoms with Crippen LogP contribution in [-0.2, 0) is 9.53 Å². The van der Waals surface area contributed by atoms with Gasteiger partial charge < -0.3 is 20.5 Å². The van der Waals surface area contributed by atoms with Gasteiger partial charge in [-0.05, 0) is 31.9 Å². The van der Waals surface area contributed by atoms with E-state index in [1.807, 2.05) is 0 Å². The third-order valence-corrected chi connectivity index (χ3v) is 3.07. The van der Waals surface area contributed by atoms with Crippen molar-refractivity contribution in [2.45, 2.75) is 32.0 Å². The van der Waals surface area contributed by atoms with Crippen LogP contribution in [0.5, 0.6) is 5.75 Å². The van der Waals surface area contributed by atoms with Gasteiger partial charge >= 0.3 is 0 Å². The van der Waals surface area contributed by atoms with Crippen molar-refractivity contribution in [3.05, 3.63) is 24.3 Å². The SMILES string of the molecule is C[C@@H](Oc1cccc(N)c1)C(=O)NC[C@@H]1CCCO1.